The number of nitrogens with two attached hydrogens (primary N) is 1. The maximum absolute atomic E-state index is 6.44. The van der Waals surface area contributed by atoms with Crippen molar-refractivity contribution in [2.75, 3.05) is 24.2 Å². The number of oxazole rings is 1. The molecule has 4 aromatic rings. The number of fused-ring (bicyclic) bond motifs is 1. The molecule has 1 aliphatic carbocycles. The molecule has 3 heterocycles. The second-order valence-corrected chi connectivity index (χ2v) is 8.22. The number of nitrogens with zero attached hydrogens (tertiary/aromatic N) is 3. The van der Waals surface area contributed by atoms with Gasteiger partial charge in [0.15, 0.2) is 5.58 Å². The number of aryl methyl sites for hydroxylation is 1. The number of nitrogen functional groups attached to an aromatic ring is 1. The molecule has 6 rings (SSSR count). The number of imidazole rings is 1. The molecule has 0 unspecified atom stereocenters. The molecule has 29 heavy (non-hydrogen) atoms. The summed E-state index contributed by atoms with van der Waals surface area (Å²) in [7, 11) is 0. The Kier molecular flexibility index (Phi) is 3.68. The van der Waals surface area contributed by atoms with E-state index < -0.39 is 0 Å². The van der Waals surface area contributed by atoms with Crippen molar-refractivity contribution in [1.82, 2.24) is 14.5 Å². The standard InChI is InChI=1S/C21H20ClN5O2/c22-14-6-12(7-16-19(14)29-21(23)26-16)20-25-15-8-13(24-10-11-2-3-11)9-17-18(15)27(20)4-1-5-28-17/h6-9,11,24H,1-5,10H2,(H2,23,26). The van der Waals surface area contributed by atoms with E-state index in [0.29, 0.717) is 22.7 Å². The van der Waals surface area contributed by atoms with E-state index in [2.05, 4.69) is 27.0 Å². The molecule has 0 bridgehead atoms. The summed E-state index contributed by atoms with van der Waals surface area (Å²) in [4.78, 5) is 9.18. The summed E-state index contributed by atoms with van der Waals surface area (Å²) in [6.07, 6.45) is 3.53. The molecule has 1 aliphatic heterocycles. The van der Waals surface area contributed by atoms with Gasteiger partial charge in [0.25, 0.3) is 6.01 Å². The lowest BCUT2D eigenvalue weighted by Gasteiger charge is -2.10. The second-order valence-electron chi connectivity index (χ2n) is 7.81. The van der Waals surface area contributed by atoms with Gasteiger partial charge in [0.05, 0.1) is 17.1 Å². The summed E-state index contributed by atoms with van der Waals surface area (Å²) in [5.74, 6) is 2.51. The molecular weight excluding hydrogens is 390 g/mol. The van der Waals surface area contributed by atoms with Crippen LogP contribution in [-0.2, 0) is 6.54 Å². The molecule has 0 spiro atoms. The fourth-order valence-corrected chi connectivity index (χ4v) is 4.26. The normalized spacial score (nSPS) is 16.2. The zero-order valence-corrected chi connectivity index (χ0v) is 16.5. The van der Waals surface area contributed by atoms with Crippen LogP contribution in [0.25, 0.3) is 33.5 Å². The first-order valence-electron chi connectivity index (χ1n) is 9.92. The van der Waals surface area contributed by atoms with Crippen molar-refractivity contribution in [3.05, 3.63) is 29.3 Å². The average Bonchev–Trinajstić information content (AvgIpc) is 3.39. The van der Waals surface area contributed by atoms with Crippen LogP contribution < -0.4 is 15.8 Å². The fraction of sp³-hybridized carbons (Fsp3) is 0.333. The Balaban J connectivity index is 1.52. The minimum absolute atomic E-state index is 0.104. The Hall–Kier alpha value is -2.93. The lowest BCUT2D eigenvalue weighted by Crippen LogP contribution is -2.03. The minimum Gasteiger partial charge on any atom is -0.491 e. The summed E-state index contributed by atoms with van der Waals surface area (Å²) in [6, 6.07) is 8.07. The number of rotatable bonds is 4. The van der Waals surface area contributed by atoms with Crippen molar-refractivity contribution in [3.63, 3.8) is 0 Å². The van der Waals surface area contributed by atoms with Gasteiger partial charge in [-0.1, -0.05) is 11.6 Å². The average molecular weight is 410 g/mol. The Labute approximate surface area is 171 Å². The highest BCUT2D eigenvalue weighted by atomic mass is 35.5. The van der Waals surface area contributed by atoms with Gasteiger partial charge in [-0.05, 0) is 43.4 Å². The maximum atomic E-state index is 6.44. The molecular formula is C21H20ClN5O2. The number of hydrogen-bond donors (Lipinski definition) is 2. The number of benzene rings is 2. The summed E-state index contributed by atoms with van der Waals surface area (Å²) in [6.45, 7) is 2.50. The number of halogens is 1. The van der Waals surface area contributed by atoms with E-state index in [4.69, 9.17) is 31.5 Å². The molecule has 3 N–H and O–H groups in total. The van der Waals surface area contributed by atoms with Crippen LogP contribution >= 0.6 is 11.6 Å². The lowest BCUT2D eigenvalue weighted by molar-refractivity contribution is 0.316. The number of hydrogen-bond acceptors (Lipinski definition) is 6. The van der Waals surface area contributed by atoms with Gasteiger partial charge in [0, 0.05) is 30.4 Å². The third kappa shape index (κ3) is 2.88. The monoisotopic (exact) mass is 409 g/mol. The SMILES string of the molecule is Nc1nc2cc(-c3nc4cc(NCC5CC5)cc5c4n3CCCO5)cc(Cl)c2o1. The summed E-state index contributed by atoms with van der Waals surface area (Å²) >= 11 is 6.44. The summed E-state index contributed by atoms with van der Waals surface area (Å²) in [5.41, 5.74) is 10.7. The van der Waals surface area contributed by atoms with Gasteiger partial charge in [0.2, 0.25) is 0 Å². The molecule has 1 fully saturated rings. The van der Waals surface area contributed by atoms with Gasteiger partial charge in [-0.2, -0.15) is 4.98 Å². The first kappa shape index (κ1) is 17.0. The van der Waals surface area contributed by atoms with Crippen LogP contribution in [0.1, 0.15) is 19.3 Å². The van der Waals surface area contributed by atoms with Gasteiger partial charge < -0.3 is 24.8 Å². The second kappa shape index (κ2) is 6.29. The van der Waals surface area contributed by atoms with Crippen molar-refractivity contribution < 1.29 is 9.15 Å². The number of anilines is 2. The van der Waals surface area contributed by atoms with Gasteiger partial charge in [-0.15, -0.1) is 0 Å². The third-order valence-corrected chi connectivity index (χ3v) is 5.88. The first-order valence-corrected chi connectivity index (χ1v) is 10.3. The van der Waals surface area contributed by atoms with Crippen LogP contribution in [0.15, 0.2) is 28.7 Å². The van der Waals surface area contributed by atoms with Crippen molar-refractivity contribution >= 4 is 45.4 Å². The van der Waals surface area contributed by atoms with E-state index in [0.717, 1.165) is 59.3 Å². The molecule has 2 aromatic heterocycles. The summed E-state index contributed by atoms with van der Waals surface area (Å²) in [5, 5.41) is 4.01. The summed E-state index contributed by atoms with van der Waals surface area (Å²) < 4.78 is 13.7. The number of ether oxygens (including phenoxy) is 1. The van der Waals surface area contributed by atoms with Crippen LogP contribution in [0.5, 0.6) is 5.75 Å². The Morgan fingerprint density at radius 1 is 1.17 bits per heavy atom. The van der Waals surface area contributed by atoms with Crippen molar-refractivity contribution in [2.24, 2.45) is 5.92 Å². The van der Waals surface area contributed by atoms with Crippen molar-refractivity contribution in [1.29, 1.82) is 0 Å². The molecule has 2 aromatic carbocycles. The smallest absolute Gasteiger partial charge is 0.293 e. The lowest BCUT2D eigenvalue weighted by atomic mass is 10.2. The first-order chi connectivity index (χ1) is 14.2. The number of nitrogens with one attached hydrogen (secondary N) is 1. The Morgan fingerprint density at radius 2 is 2.07 bits per heavy atom. The van der Waals surface area contributed by atoms with Gasteiger partial charge >= 0.3 is 0 Å². The van der Waals surface area contributed by atoms with Gasteiger partial charge in [-0.25, -0.2) is 4.98 Å². The van der Waals surface area contributed by atoms with E-state index in [9.17, 15) is 0 Å². The predicted molar refractivity (Wildman–Crippen MR) is 113 cm³/mol. The topological polar surface area (TPSA) is 91.1 Å². The zero-order chi connectivity index (χ0) is 19.5. The molecule has 7 nitrogen and oxygen atoms in total. The Morgan fingerprint density at radius 3 is 2.93 bits per heavy atom. The molecule has 1 saturated carbocycles. The highest BCUT2D eigenvalue weighted by molar-refractivity contribution is 6.35. The maximum Gasteiger partial charge on any atom is 0.293 e. The molecule has 0 atom stereocenters. The van der Waals surface area contributed by atoms with E-state index in [1.54, 1.807) is 0 Å². The van der Waals surface area contributed by atoms with Crippen molar-refractivity contribution in [2.45, 2.75) is 25.8 Å². The molecule has 8 heteroatoms. The predicted octanol–water partition coefficient (Wildman–Crippen LogP) is 4.68. The fourth-order valence-electron chi connectivity index (χ4n) is 4.01. The largest absolute Gasteiger partial charge is 0.491 e. The van der Waals surface area contributed by atoms with E-state index >= 15 is 0 Å². The number of aromatic nitrogens is 3. The third-order valence-electron chi connectivity index (χ3n) is 5.60. The van der Waals surface area contributed by atoms with E-state index in [1.165, 1.54) is 12.8 Å². The minimum atomic E-state index is 0.104. The molecule has 148 valence electrons. The highest BCUT2D eigenvalue weighted by Gasteiger charge is 2.23. The van der Waals surface area contributed by atoms with Crippen molar-refractivity contribution in [3.8, 4) is 17.1 Å². The van der Waals surface area contributed by atoms with E-state index in [1.807, 2.05) is 12.1 Å². The quantitative estimate of drug-likeness (QED) is 0.508. The molecule has 0 saturated heterocycles. The Bertz CT molecular complexity index is 1260. The molecule has 0 amide bonds. The van der Waals surface area contributed by atoms with Crippen LogP contribution in [0.3, 0.4) is 0 Å². The zero-order valence-electron chi connectivity index (χ0n) is 15.7. The van der Waals surface area contributed by atoms with Crippen LogP contribution in [-0.4, -0.2) is 27.7 Å². The molecule has 2 aliphatic rings. The van der Waals surface area contributed by atoms with Gasteiger partial charge in [0.1, 0.15) is 22.6 Å². The van der Waals surface area contributed by atoms with Gasteiger partial charge in [-0.3, -0.25) is 0 Å². The van der Waals surface area contributed by atoms with Crippen LogP contribution in [0, 0.1) is 5.92 Å². The van der Waals surface area contributed by atoms with Crippen LogP contribution in [0.2, 0.25) is 5.02 Å². The molecule has 0 radical (unpaired) electrons. The van der Waals surface area contributed by atoms with Crippen LogP contribution in [0.4, 0.5) is 11.7 Å². The van der Waals surface area contributed by atoms with E-state index in [-0.39, 0.29) is 6.01 Å². The highest BCUT2D eigenvalue weighted by Crippen LogP contribution is 2.38.